The fourth-order valence-electron chi connectivity index (χ4n) is 4.04. The number of hydrazine groups is 1. The van der Waals surface area contributed by atoms with Gasteiger partial charge >= 0.3 is 5.69 Å². The molecule has 1 N–H and O–H groups in total. The first-order chi connectivity index (χ1) is 11.9. The molecule has 4 atom stereocenters. The number of fused-ring (bicyclic) bond motifs is 5. The molecule has 4 rings (SSSR count). The number of rotatable bonds is 3. The molecule has 2 fully saturated rings. The van der Waals surface area contributed by atoms with Gasteiger partial charge in [0.15, 0.2) is 0 Å². The Labute approximate surface area is 140 Å². The first kappa shape index (κ1) is 15.2. The van der Waals surface area contributed by atoms with E-state index >= 15 is 0 Å². The van der Waals surface area contributed by atoms with Gasteiger partial charge in [0.2, 0.25) is 11.8 Å². The van der Waals surface area contributed by atoms with E-state index in [1.54, 1.807) is 0 Å². The summed E-state index contributed by atoms with van der Waals surface area (Å²) in [6.45, 7) is 0. The van der Waals surface area contributed by atoms with E-state index in [9.17, 15) is 29.8 Å². The number of carbonyl (C=O) groups is 2. The molecule has 0 aromatic heterocycles. The Balaban J connectivity index is 1.76. The highest BCUT2D eigenvalue weighted by Crippen LogP contribution is 2.50. The number of hydrogen-bond acceptors (Lipinski definition) is 6. The smallest absolute Gasteiger partial charge is 0.273 e. The van der Waals surface area contributed by atoms with Crippen molar-refractivity contribution >= 4 is 28.9 Å². The van der Waals surface area contributed by atoms with Gasteiger partial charge in [-0.05, 0) is 24.3 Å². The largest absolute Gasteiger partial charge is 0.301 e. The van der Waals surface area contributed by atoms with Crippen molar-refractivity contribution in [2.45, 2.75) is 6.42 Å². The van der Waals surface area contributed by atoms with Gasteiger partial charge in [0.25, 0.3) is 5.69 Å². The molecule has 1 aliphatic heterocycles. The third-order valence-corrected chi connectivity index (χ3v) is 5.10. The predicted octanol–water partition coefficient (Wildman–Crippen LogP) is 1.32. The molecule has 2 aliphatic carbocycles. The Morgan fingerprint density at radius 2 is 1.72 bits per heavy atom. The van der Waals surface area contributed by atoms with E-state index in [1.807, 2.05) is 12.2 Å². The van der Waals surface area contributed by atoms with Crippen LogP contribution in [0.25, 0.3) is 0 Å². The van der Waals surface area contributed by atoms with Crippen molar-refractivity contribution in [1.29, 1.82) is 0 Å². The molecule has 2 amide bonds. The van der Waals surface area contributed by atoms with Gasteiger partial charge < -0.3 is 0 Å². The zero-order chi connectivity index (χ0) is 17.9. The number of benzene rings is 1. The lowest BCUT2D eigenvalue weighted by molar-refractivity contribution is -0.393. The molecule has 1 saturated carbocycles. The Kier molecular flexibility index (Phi) is 3.11. The topological polar surface area (TPSA) is 136 Å². The van der Waals surface area contributed by atoms with E-state index in [2.05, 4.69) is 5.43 Å². The van der Waals surface area contributed by atoms with Gasteiger partial charge in [-0.2, -0.15) is 0 Å². The van der Waals surface area contributed by atoms with Gasteiger partial charge in [-0.15, -0.1) is 0 Å². The normalized spacial score (nSPS) is 29.5. The van der Waals surface area contributed by atoms with Crippen molar-refractivity contribution in [2.24, 2.45) is 23.7 Å². The first-order valence-corrected chi connectivity index (χ1v) is 7.64. The van der Waals surface area contributed by atoms with E-state index in [4.69, 9.17) is 0 Å². The number of anilines is 1. The number of nitro groups is 2. The van der Waals surface area contributed by atoms with Crippen molar-refractivity contribution in [3.05, 3.63) is 50.6 Å². The second-order valence-electron chi connectivity index (χ2n) is 6.34. The van der Waals surface area contributed by atoms with Gasteiger partial charge in [0.1, 0.15) is 5.69 Å². The SMILES string of the molecule is O=C1NN(c2ccc([N+](=O)[O-])cc2[N+](=O)[O-])C(=O)[C@@H]2[C@@H]1[C@H]1C=C[C@H]2C1. The number of nitrogens with one attached hydrogen (secondary N) is 1. The highest BCUT2D eigenvalue weighted by molar-refractivity contribution is 6.06. The summed E-state index contributed by atoms with van der Waals surface area (Å²) in [4.78, 5) is 45.9. The molecule has 1 aromatic carbocycles. The number of nitrogens with zero attached hydrogens (tertiary/aromatic N) is 3. The number of hydrogen-bond donors (Lipinski definition) is 1. The molecular formula is C15H12N4O6. The standard InChI is InChI=1S/C15H12N4O6/c20-14-12-7-1-2-8(5-7)13(12)15(21)17(16-14)10-4-3-9(18(22)23)6-11(10)19(24)25/h1-4,6-8,12-13H,5H2,(H,16,20)/t7-,8-,12-,13-/m0/s1. The van der Waals surface area contributed by atoms with E-state index in [0.717, 1.165) is 23.2 Å². The molecule has 25 heavy (non-hydrogen) atoms. The van der Waals surface area contributed by atoms with Crippen LogP contribution in [0, 0.1) is 43.9 Å². The maximum absolute atomic E-state index is 12.9. The van der Waals surface area contributed by atoms with Crippen molar-refractivity contribution < 1.29 is 19.4 Å². The van der Waals surface area contributed by atoms with Crippen LogP contribution in [-0.2, 0) is 9.59 Å². The fourth-order valence-corrected chi connectivity index (χ4v) is 4.04. The van der Waals surface area contributed by atoms with Gasteiger partial charge in [-0.1, -0.05) is 12.2 Å². The Morgan fingerprint density at radius 1 is 1.04 bits per heavy atom. The van der Waals surface area contributed by atoms with Gasteiger partial charge in [0, 0.05) is 6.07 Å². The minimum atomic E-state index is -0.811. The molecular weight excluding hydrogens is 332 g/mol. The minimum Gasteiger partial charge on any atom is -0.273 e. The van der Waals surface area contributed by atoms with Crippen molar-refractivity contribution in [3.8, 4) is 0 Å². The number of amides is 2. The second kappa shape index (κ2) is 5.10. The van der Waals surface area contributed by atoms with E-state index in [1.165, 1.54) is 0 Å². The molecule has 2 bridgehead atoms. The van der Waals surface area contributed by atoms with Crippen LogP contribution in [0.4, 0.5) is 17.1 Å². The van der Waals surface area contributed by atoms with Crippen LogP contribution in [0.3, 0.4) is 0 Å². The van der Waals surface area contributed by atoms with Gasteiger partial charge in [-0.3, -0.25) is 35.2 Å². The molecule has 0 unspecified atom stereocenters. The Morgan fingerprint density at radius 3 is 2.36 bits per heavy atom. The van der Waals surface area contributed by atoms with Crippen LogP contribution in [-0.4, -0.2) is 21.7 Å². The number of carbonyl (C=O) groups excluding carboxylic acids is 2. The van der Waals surface area contributed by atoms with Gasteiger partial charge in [0.05, 0.1) is 27.7 Å². The van der Waals surface area contributed by atoms with Crippen LogP contribution >= 0.6 is 0 Å². The third kappa shape index (κ3) is 2.10. The summed E-state index contributed by atoms with van der Waals surface area (Å²) in [6, 6.07) is 2.95. The summed E-state index contributed by atoms with van der Waals surface area (Å²) in [7, 11) is 0. The van der Waals surface area contributed by atoms with Gasteiger partial charge in [-0.25, -0.2) is 5.01 Å². The summed E-state index contributed by atoms with van der Waals surface area (Å²) in [5.74, 6) is -1.87. The molecule has 3 aliphatic rings. The summed E-state index contributed by atoms with van der Waals surface area (Å²) < 4.78 is 0. The summed E-state index contributed by atoms with van der Waals surface area (Å²) in [5.41, 5.74) is 1.16. The quantitative estimate of drug-likeness (QED) is 0.499. The lowest BCUT2D eigenvalue weighted by Crippen LogP contribution is -2.60. The molecule has 128 valence electrons. The Hall–Kier alpha value is -3.30. The molecule has 1 aromatic rings. The summed E-state index contributed by atoms with van der Waals surface area (Å²) in [6.07, 6.45) is 4.55. The summed E-state index contributed by atoms with van der Waals surface area (Å²) >= 11 is 0. The van der Waals surface area contributed by atoms with Crippen LogP contribution < -0.4 is 10.4 Å². The molecule has 10 heteroatoms. The maximum Gasteiger partial charge on any atom is 0.301 e. The average Bonchev–Trinajstić information content (AvgIpc) is 3.19. The van der Waals surface area contributed by atoms with Crippen LogP contribution in [0.15, 0.2) is 30.4 Å². The maximum atomic E-state index is 12.9. The molecule has 0 spiro atoms. The fraction of sp³-hybridized carbons (Fsp3) is 0.333. The van der Waals surface area contributed by atoms with E-state index < -0.39 is 39.0 Å². The van der Waals surface area contributed by atoms with Crippen LogP contribution in [0.5, 0.6) is 0 Å². The third-order valence-electron chi connectivity index (χ3n) is 5.10. The van der Waals surface area contributed by atoms with Crippen LogP contribution in [0.2, 0.25) is 0 Å². The van der Waals surface area contributed by atoms with Crippen molar-refractivity contribution in [3.63, 3.8) is 0 Å². The Bertz CT molecular complexity index is 866. The highest BCUT2D eigenvalue weighted by Gasteiger charge is 2.56. The minimum absolute atomic E-state index is 0.00736. The van der Waals surface area contributed by atoms with Crippen molar-refractivity contribution in [2.75, 3.05) is 5.01 Å². The highest BCUT2D eigenvalue weighted by atomic mass is 16.6. The number of allylic oxidation sites excluding steroid dienone is 2. The average molecular weight is 344 g/mol. The molecule has 1 saturated heterocycles. The van der Waals surface area contributed by atoms with Crippen LogP contribution in [0.1, 0.15) is 6.42 Å². The number of nitro benzene ring substituents is 2. The summed E-state index contributed by atoms with van der Waals surface area (Å²) in [5, 5.41) is 23.0. The lowest BCUT2D eigenvalue weighted by Gasteiger charge is -2.37. The molecule has 0 radical (unpaired) electrons. The van der Waals surface area contributed by atoms with E-state index in [-0.39, 0.29) is 23.4 Å². The van der Waals surface area contributed by atoms with E-state index in [0.29, 0.717) is 6.42 Å². The monoisotopic (exact) mass is 344 g/mol. The number of non-ortho nitro benzene ring substituents is 1. The predicted molar refractivity (Wildman–Crippen MR) is 83.1 cm³/mol. The first-order valence-electron chi connectivity index (χ1n) is 7.64. The van der Waals surface area contributed by atoms with Crippen molar-refractivity contribution in [1.82, 2.24) is 5.43 Å². The zero-order valence-corrected chi connectivity index (χ0v) is 12.7. The molecule has 1 heterocycles. The second-order valence-corrected chi connectivity index (χ2v) is 6.34. The zero-order valence-electron chi connectivity index (χ0n) is 12.7. The molecule has 10 nitrogen and oxygen atoms in total. The lowest BCUT2D eigenvalue weighted by atomic mass is 9.80.